The van der Waals surface area contributed by atoms with Crippen molar-refractivity contribution in [2.75, 3.05) is 13.1 Å². The number of alkyl halides is 3. The second-order valence-electron chi connectivity index (χ2n) is 5.70. The molecule has 4 nitrogen and oxygen atoms in total. The lowest BCUT2D eigenvalue weighted by molar-refractivity contribution is -0.138. The molecule has 0 radical (unpaired) electrons. The van der Waals surface area contributed by atoms with E-state index < -0.39 is 27.5 Å². The highest BCUT2D eigenvalue weighted by Gasteiger charge is 2.36. The number of hydrogen-bond donors (Lipinski definition) is 1. The van der Waals surface area contributed by atoms with Gasteiger partial charge in [0, 0.05) is 25.2 Å². The number of hydrogen-bond acceptors (Lipinski definition) is 3. The monoisotopic (exact) mass is 336 g/mol. The van der Waals surface area contributed by atoms with E-state index in [1.54, 1.807) is 0 Å². The van der Waals surface area contributed by atoms with Gasteiger partial charge in [0.15, 0.2) is 0 Å². The fraction of sp³-hybridized carbons (Fsp3) is 0.571. The van der Waals surface area contributed by atoms with E-state index in [2.05, 4.69) is 5.32 Å². The number of sulfonamides is 1. The predicted octanol–water partition coefficient (Wildman–Crippen LogP) is 2.22. The Hall–Kier alpha value is -1.12. The summed E-state index contributed by atoms with van der Waals surface area (Å²) >= 11 is 0. The van der Waals surface area contributed by atoms with Crippen LogP contribution in [0, 0.1) is 0 Å². The van der Waals surface area contributed by atoms with E-state index in [0.29, 0.717) is 0 Å². The summed E-state index contributed by atoms with van der Waals surface area (Å²) in [6, 6.07) is 4.74. The minimum Gasteiger partial charge on any atom is -0.309 e. The lowest BCUT2D eigenvalue weighted by Gasteiger charge is -2.35. The molecule has 2 unspecified atom stereocenters. The van der Waals surface area contributed by atoms with Crippen molar-refractivity contribution in [3.8, 4) is 0 Å². The van der Waals surface area contributed by atoms with Crippen LogP contribution in [0.1, 0.15) is 25.0 Å². The summed E-state index contributed by atoms with van der Waals surface area (Å²) in [5, 5.41) is 3.19. The quantitative estimate of drug-likeness (QED) is 0.921. The number of benzene rings is 1. The van der Waals surface area contributed by atoms with Crippen molar-refractivity contribution in [3.63, 3.8) is 0 Å². The molecule has 0 amide bonds. The second kappa shape index (κ2) is 6.17. The molecule has 8 heteroatoms. The Balaban J connectivity index is 2.26. The van der Waals surface area contributed by atoms with Crippen LogP contribution in [0.3, 0.4) is 0 Å². The highest BCUT2D eigenvalue weighted by atomic mass is 32.2. The van der Waals surface area contributed by atoms with Crippen molar-refractivity contribution in [2.24, 2.45) is 0 Å². The van der Waals surface area contributed by atoms with Crippen molar-refractivity contribution >= 4 is 10.0 Å². The SMILES string of the molecule is CC1CN(S(=O)(=O)Cc2ccccc2C(F)(F)F)CC(C)N1. The standard InChI is InChI=1S/C14H19F3N2O2S/c1-10-7-19(8-11(2)18-10)22(20,21)9-12-5-3-4-6-13(12)14(15,16)17/h3-6,10-11,18H,7-9H2,1-2H3. The molecular weight excluding hydrogens is 317 g/mol. The topological polar surface area (TPSA) is 49.4 Å². The zero-order chi connectivity index (χ0) is 16.5. The summed E-state index contributed by atoms with van der Waals surface area (Å²) in [7, 11) is -3.79. The first-order valence-electron chi connectivity index (χ1n) is 6.98. The van der Waals surface area contributed by atoms with Gasteiger partial charge in [0.05, 0.1) is 11.3 Å². The third kappa shape index (κ3) is 3.99. The molecule has 0 aliphatic carbocycles. The molecule has 1 aliphatic rings. The minimum absolute atomic E-state index is 0.0311. The van der Waals surface area contributed by atoms with Crippen LogP contribution in [-0.2, 0) is 22.0 Å². The molecule has 0 aromatic heterocycles. The summed E-state index contributed by atoms with van der Waals surface area (Å²) in [6.45, 7) is 4.23. The van der Waals surface area contributed by atoms with Crippen molar-refractivity contribution in [1.29, 1.82) is 0 Å². The lowest BCUT2D eigenvalue weighted by atomic mass is 10.1. The van der Waals surface area contributed by atoms with Gasteiger partial charge < -0.3 is 5.32 Å². The van der Waals surface area contributed by atoms with E-state index >= 15 is 0 Å². The van der Waals surface area contributed by atoms with Crippen LogP contribution < -0.4 is 5.32 Å². The summed E-state index contributed by atoms with van der Waals surface area (Å²) in [5.41, 5.74) is -1.11. The summed E-state index contributed by atoms with van der Waals surface area (Å²) < 4.78 is 65.1. The van der Waals surface area contributed by atoms with E-state index in [0.717, 1.165) is 6.07 Å². The molecule has 0 spiro atoms. The van der Waals surface area contributed by atoms with Crippen molar-refractivity contribution < 1.29 is 21.6 Å². The Labute approximate surface area is 128 Å². The van der Waals surface area contributed by atoms with Crippen LogP contribution in [0.5, 0.6) is 0 Å². The van der Waals surface area contributed by atoms with Gasteiger partial charge in [-0.05, 0) is 25.5 Å². The van der Waals surface area contributed by atoms with Crippen molar-refractivity contribution in [1.82, 2.24) is 9.62 Å². The van der Waals surface area contributed by atoms with Gasteiger partial charge in [-0.1, -0.05) is 18.2 Å². The molecule has 1 fully saturated rings. The molecule has 2 atom stereocenters. The van der Waals surface area contributed by atoms with Crippen LogP contribution in [0.2, 0.25) is 0 Å². The maximum atomic E-state index is 13.0. The average molecular weight is 336 g/mol. The Kier molecular flexibility index (Phi) is 4.84. The van der Waals surface area contributed by atoms with Gasteiger partial charge in [0.25, 0.3) is 0 Å². The van der Waals surface area contributed by atoms with Gasteiger partial charge in [-0.15, -0.1) is 0 Å². The fourth-order valence-electron chi connectivity index (χ4n) is 2.71. The molecule has 1 heterocycles. The Bertz CT molecular complexity index is 621. The van der Waals surface area contributed by atoms with E-state index in [1.807, 2.05) is 13.8 Å². The molecule has 1 aromatic rings. The first-order valence-corrected chi connectivity index (χ1v) is 8.59. The normalized spacial score (nSPS) is 24.4. The van der Waals surface area contributed by atoms with Crippen LogP contribution >= 0.6 is 0 Å². The predicted molar refractivity (Wildman–Crippen MR) is 77.7 cm³/mol. The number of piperazine rings is 1. The highest BCUT2D eigenvalue weighted by molar-refractivity contribution is 7.88. The fourth-order valence-corrected chi connectivity index (χ4v) is 4.44. The van der Waals surface area contributed by atoms with Gasteiger partial charge in [0.1, 0.15) is 0 Å². The van der Waals surface area contributed by atoms with E-state index in [1.165, 1.54) is 22.5 Å². The Morgan fingerprint density at radius 3 is 2.27 bits per heavy atom. The van der Waals surface area contributed by atoms with Gasteiger partial charge in [-0.3, -0.25) is 0 Å². The average Bonchev–Trinajstić information content (AvgIpc) is 2.36. The smallest absolute Gasteiger partial charge is 0.309 e. The highest BCUT2D eigenvalue weighted by Crippen LogP contribution is 2.33. The Morgan fingerprint density at radius 1 is 1.18 bits per heavy atom. The van der Waals surface area contributed by atoms with E-state index in [9.17, 15) is 21.6 Å². The van der Waals surface area contributed by atoms with Crippen LogP contribution in [0.15, 0.2) is 24.3 Å². The summed E-state index contributed by atoms with van der Waals surface area (Å²) in [4.78, 5) is 0. The zero-order valence-electron chi connectivity index (χ0n) is 12.4. The summed E-state index contributed by atoms with van der Waals surface area (Å²) in [6.07, 6.45) is -4.56. The zero-order valence-corrected chi connectivity index (χ0v) is 13.2. The number of nitrogens with zero attached hydrogens (tertiary/aromatic N) is 1. The summed E-state index contributed by atoms with van der Waals surface area (Å²) in [5.74, 6) is -0.637. The number of halogens is 3. The van der Waals surface area contributed by atoms with Crippen molar-refractivity contribution in [3.05, 3.63) is 35.4 Å². The molecule has 2 rings (SSSR count). The molecule has 1 aliphatic heterocycles. The maximum Gasteiger partial charge on any atom is 0.416 e. The van der Waals surface area contributed by atoms with Crippen LogP contribution in [0.25, 0.3) is 0 Å². The molecule has 1 N–H and O–H groups in total. The van der Waals surface area contributed by atoms with Crippen LogP contribution in [-0.4, -0.2) is 37.9 Å². The third-order valence-corrected chi connectivity index (χ3v) is 5.34. The first-order chi connectivity index (χ1) is 10.1. The minimum atomic E-state index is -4.56. The largest absolute Gasteiger partial charge is 0.416 e. The van der Waals surface area contributed by atoms with Crippen molar-refractivity contribution in [2.45, 2.75) is 37.9 Å². The second-order valence-corrected chi connectivity index (χ2v) is 7.67. The Morgan fingerprint density at radius 2 is 1.73 bits per heavy atom. The number of rotatable bonds is 3. The molecule has 22 heavy (non-hydrogen) atoms. The molecular formula is C14H19F3N2O2S. The molecule has 1 saturated heterocycles. The molecule has 124 valence electrons. The maximum absolute atomic E-state index is 13.0. The van der Waals surface area contributed by atoms with Gasteiger partial charge in [-0.25, -0.2) is 8.42 Å². The first kappa shape index (κ1) is 17.2. The van der Waals surface area contributed by atoms with E-state index in [-0.39, 0.29) is 30.7 Å². The van der Waals surface area contributed by atoms with Gasteiger partial charge in [-0.2, -0.15) is 17.5 Å². The van der Waals surface area contributed by atoms with Gasteiger partial charge in [0.2, 0.25) is 10.0 Å². The number of nitrogens with one attached hydrogen (secondary N) is 1. The third-order valence-electron chi connectivity index (χ3n) is 3.58. The molecule has 0 bridgehead atoms. The molecule has 0 saturated carbocycles. The van der Waals surface area contributed by atoms with Crippen LogP contribution in [0.4, 0.5) is 13.2 Å². The molecule has 1 aromatic carbocycles. The van der Waals surface area contributed by atoms with Gasteiger partial charge >= 0.3 is 6.18 Å². The van der Waals surface area contributed by atoms with E-state index in [4.69, 9.17) is 0 Å². The lowest BCUT2D eigenvalue weighted by Crippen LogP contribution is -2.55.